The van der Waals surface area contributed by atoms with Crippen molar-refractivity contribution in [2.75, 3.05) is 10.5 Å². The molecule has 2 aromatic rings. The molecule has 0 aliphatic rings. The summed E-state index contributed by atoms with van der Waals surface area (Å²) in [5.41, 5.74) is 6.09. The van der Waals surface area contributed by atoms with Crippen molar-refractivity contribution in [3.63, 3.8) is 0 Å². The van der Waals surface area contributed by atoms with Crippen LogP contribution in [0.25, 0.3) is 0 Å². The normalized spacial score (nSPS) is 11.4. The zero-order chi connectivity index (χ0) is 15.8. The molecule has 0 radical (unpaired) electrons. The van der Waals surface area contributed by atoms with Crippen LogP contribution in [0.3, 0.4) is 0 Å². The van der Waals surface area contributed by atoms with Crippen LogP contribution < -0.4 is 10.5 Å². The molecule has 9 heteroatoms. The number of benzene rings is 2. The number of anilines is 2. The van der Waals surface area contributed by atoms with Crippen LogP contribution in [0.5, 0.6) is 0 Å². The van der Waals surface area contributed by atoms with Crippen LogP contribution in [0.2, 0.25) is 5.02 Å². The second kappa shape index (κ2) is 6.12. The molecule has 0 spiro atoms. The zero-order valence-electron chi connectivity index (χ0n) is 10.2. The molecule has 3 N–H and O–H groups in total. The fourth-order valence-corrected chi connectivity index (χ4v) is 4.25. The van der Waals surface area contributed by atoms with Gasteiger partial charge in [0.05, 0.1) is 15.6 Å². The minimum atomic E-state index is -3.88. The first kappa shape index (κ1) is 16.5. The van der Waals surface area contributed by atoms with Gasteiger partial charge in [-0.2, -0.15) is 0 Å². The first-order valence-corrected chi connectivity index (χ1v) is 8.88. The topological polar surface area (TPSA) is 72.2 Å². The van der Waals surface area contributed by atoms with Gasteiger partial charge in [0.2, 0.25) is 0 Å². The predicted molar refractivity (Wildman–Crippen MR) is 88.5 cm³/mol. The van der Waals surface area contributed by atoms with E-state index in [2.05, 4.69) is 36.6 Å². The molecule has 0 saturated heterocycles. The number of nitrogens with one attached hydrogen (secondary N) is 1. The van der Waals surface area contributed by atoms with E-state index in [4.69, 9.17) is 17.3 Å². The molecule has 0 heterocycles. The maximum atomic E-state index is 13.1. The lowest BCUT2D eigenvalue weighted by atomic mass is 10.3. The van der Waals surface area contributed by atoms with Gasteiger partial charge in [0.15, 0.2) is 0 Å². The monoisotopic (exact) mass is 456 g/mol. The van der Waals surface area contributed by atoms with Gasteiger partial charge in [-0.15, -0.1) is 0 Å². The molecule has 0 aliphatic carbocycles. The maximum absolute atomic E-state index is 13.1. The summed E-state index contributed by atoms with van der Waals surface area (Å²) in [7, 11) is -3.88. The van der Waals surface area contributed by atoms with E-state index in [0.717, 1.165) is 12.1 Å². The quantitative estimate of drug-likeness (QED) is 0.671. The van der Waals surface area contributed by atoms with Crippen LogP contribution in [0.15, 0.2) is 44.2 Å². The number of hydrogen-bond donors (Lipinski definition) is 2. The highest BCUT2D eigenvalue weighted by atomic mass is 79.9. The molecule has 21 heavy (non-hydrogen) atoms. The summed E-state index contributed by atoms with van der Waals surface area (Å²) in [5.74, 6) is -0.579. The van der Waals surface area contributed by atoms with Crippen molar-refractivity contribution in [3.8, 4) is 0 Å². The van der Waals surface area contributed by atoms with Crippen LogP contribution in [-0.2, 0) is 10.0 Å². The third-order valence-electron chi connectivity index (χ3n) is 2.53. The van der Waals surface area contributed by atoms with Gasteiger partial charge in [-0.3, -0.25) is 4.72 Å². The molecule has 4 nitrogen and oxygen atoms in total. The summed E-state index contributed by atoms with van der Waals surface area (Å²) in [6, 6.07) is 6.31. The largest absolute Gasteiger partial charge is 0.398 e. The van der Waals surface area contributed by atoms with Gasteiger partial charge < -0.3 is 5.73 Å². The molecular formula is C12H8Br2ClFN2O2S. The average Bonchev–Trinajstić information content (AvgIpc) is 2.37. The summed E-state index contributed by atoms with van der Waals surface area (Å²) in [6.45, 7) is 0. The third kappa shape index (κ3) is 3.68. The van der Waals surface area contributed by atoms with Gasteiger partial charge >= 0.3 is 0 Å². The van der Waals surface area contributed by atoms with Gasteiger partial charge in [0.1, 0.15) is 5.82 Å². The highest BCUT2D eigenvalue weighted by Crippen LogP contribution is 2.34. The summed E-state index contributed by atoms with van der Waals surface area (Å²) in [6.07, 6.45) is 0. The predicted octanol–water partition coefficient (Wildman–Crippen LogP) is 4.39. The molecule has 2 rings (SSSR count). The van der Waals surface area contributed by atoms with E-state index in [1.807, 2.05) is 0 Å². The van der Waals surface area contributed by atoms with Crippen LogP contribution in [0.4, 0.5) is 15.8 Å². The number of sulfonamides is 1. The van der Waals surface area contributed by atoms with Crippen molar-refractivity contribution in [1.82, 2.24) is 0 Å². The van der Waals surface area contributed by atoms with Crippen LogP contribution >= 0.6 is 43.5 Å². The Morgan fingerprint density at radius 1 is 1.14 bits per heavy atom. The second-order valence-corrected chi connectivity index (χ2v) is 7.83. The molecule has 0 atom stereocenters. The van der Waals surface area contributed by atoms with E-state index < -0.39 is 15.8 Å². The molecule has 0 aliphatic heterocycles. The molecule has 0 aromatic heterocycles. The zero-order valence-corrected chi connectivity index (χ0v) is 14.9. The van der Waals surface area contributed by atoms with E-state index in [0.29, 0.717) is 10.2 Å². The second-order valence-electron chi connectivity index (χ2n) is 4.03. The van der Waals surface area contributed by atoms with Gasteiger partial charge in [0.25, 0.3) is 10.0 Å². The number of hydrogen-bond acceptors (Lipinski definition) is 3. The number of halogens is 4. The Bertz CT molecular complexity index is 792. The van der Waals surface area contributed by atoms with E-state index in [9.17, 15) is 12.8 Å². The first-order valence-electron chi connectivity index (χ1n) is 5.43. The van der Waals surface area contributed by atoms with Crippen LogP contribution in [0, 0.1) is 5.82 Å². The summed E-state index contributed by atoms with van der Waals surface area (Å²) < 4.78 is 40.7. The maximum Gasteiger partial charge on any atom is 0.262 e. The fraction of sp³-hybridized carbons (Fsp3) is 0. The van der Waals surface area contributed by atoms with E-state index >= 15 is 0 Å². The molecule has 0 amide bonds. The third-order valence-corrected chi connectivity index (χ3v) is 5.48. The number of nitrogens with two attached hydrogens (primary N) is 1. The Labute approximate surface area is 142 Å². The highest BCUT2D eigenvalue weighted by molar-refractivity contribution is 9.11. The molecule has 0 fully saturated rings. The van der Waals surface area contributed by atoms with Crippen molar-refractivity contribution >= 4 is 64.9 Å². The Hall–Kier alpha value is -0.830. The van der Waals surface area contributed by atoms with Gasteiger partial charge in [-0.05, 0) is 62.2 Å². The van der Waals surface area contributed by atoms with Crippen molar-refractivity contribution in [2.24, 2.45) is 0 Å². The highest BCUT2D eigenvalue weighted by Gasteiger charge is 2.19. The van der Waals surface area contributed by atoms with E-state index in [-0.39, 0.29) is 20.1 Å². The van der Waals surface area contributed by atoms with Crippen molar-refractivity contribution in [2.45, 2.75) is 4.90 Å². The summed E-state index contributed by atoms with van der Waals surface area (Å²) in [5, 5.41) is -0.0556. The summed E-state index contributed by atoms with van der Waals surface area (Å²) >= 11 is 12.1. The Morgan fingerprint density at radius 2 is 1.81 bits per heavy atom. The molecule has 2 aromatic carbocycles. The van der Waals surface area contributed by atoms with Crippen LogP contribution in [-0.4, -0.2) is 8.42 Å². The smallest absolute Gasteiger partial charge is 0.262 e. The van der Waals surface area contributed by atoms with E-state index in [1.165, 1.54) is 18.2 Å². The standard InChI is InChI=1S/C12H8Br2ClFN2O2S/c13-8-5-7(1-2-11(8)17)21(19,20)18-12-9(14)3-6(16)4-10(12)15/h1-5,18H,17H2. The lowest BCUT2D eigenvalue weighted by Gasteiger charge is -2.12. The minimum absolute atomic E-state index is 0.00383. The van der Waals surface area contributed by atoms with Gasteiger partial charge in [-0.25, -0.2) is 12.8 Å². The number of nitrogen functional groups attached to an aromatic ring is 1. The molecule has 0 saturated carbocycles. The molecule has 112 valence electrons. The fourth-order valence-electron chi connectivity index (χ4n) is 1.51. The molecule has 0 bridgehead atoms. The van der Waals surface area contributed by atoms with Crippen molar-refractivity contribution in [3.05, 3.63) is 50.1 Å². The average molecular weight is 459 g/mol. The Kier molecular flexibility index (Phi) is 4.82. The van der Waals surface area contributed by atoms with Crippen molar-refractivity contribution < 1.29 is 12.8 Å². The number of rotatable bonds is 3. The van der Waals surface area contributed by atoms with Crippen LogP contribution in [0.1, 0.15) is 0 Å². The SMILES string of the molecule is Nc1ccc(S(=O)(=O)Nc2c(Cl)cc(F)cc2Br)cc1Br. The lowest BCUT2D eigenvalue weighted by molar-refractivity contribution is 0.601. The molecule has 0 unspecified atom stereocenters. The Morgan fingerprint density at radius 3 is 2.38 bits per heavy atom. The van der Waals surface area contributed by atoms with Gasteiger partial charge in [-0.1, -0.05) is 11.6 Å². The van der Waals surface area contributed by atoms with Crippen molar-refractivity contribution in [1.29, 1.82) is 0 Å². The first-order chi connectivity index (χ1) is 9.70. The summed E-state index contributed by atoms with van der Waals surface area (Å²) in [4.78, 5) is -0.00383. The van der Waals surface area contributed by atoms with E-state index in [1.54, 1.807) is 0 Å². The van der Waals surface area contributed by atoms with Gasteiger partial charge in [0, 0.05) is 14.6 Å². The molecular weight excluding hydrogens is 450 g/mol. The minimum Gasteiger partial charge on any atom is -0.398 e. The Balaban J connectivity index is 2.44. The lowest BCUT2D eigenvalue weighted by Crippen LogP contribution is -2.14.